The number of benzene rings is 2. The zero-order valence-electron chi connectivity index (χ0n) is 11.3. The summed E-state index contributed by atoms with van der Waals surface area (Å²) in [6.07, 6.45) is 2.30. The first kappa shape index (κ1) is 14.3. The van der Waals surface area contributed by atoms with Crippen molar-refractivity contribution >= 4 is 15.9 Å². The Kier molecular flexibility index (Phi) is 5.62. The highest BCUT2D eigenvalue weighted by molar-refractivity contribution is 9.10. The number of halogens is 1. The van der Waals surface area contributed by atoms with E-state index in [2.05, 4.69) is 82.8 Å². The van der Waals surface area contributed by atoms with Gasteiger partial charge in [-0.05, 0) is 43.0 Å². The fourth-order valence-electron chi connectivity index (χ4n) is 2.02. The van der Waals surface area contributed by atoms with Crippen molar-refractivity contribution in [1.29, 1.82) is 0 Å². The Balaban J connectivity index is 1.72. The van der Waals surface area contributed by atoms with Crippen LogP contribution in [0.2, 0.25) is 0 Å². The molecule has 0 aliphatic rings. The molecule has 1 atom stereocenters. The van der Waals surface area contributed by atoms with Crippen molar-refractivity contribution in [2.45, 2.75) is 32.4 Å². The molecule has 0 radical (unpaired) electrons. The van der Waals surface area contributed by atoms with Gasteiger partial charge in [-0.15, -0.1) is 0 Å². The van der Waals surface area contributed by atoms with E-state index in [9.17, 15) is 0 Å². The van der Waals surface area contributed by atoms with Crippen LogP contribution in [0.4, 0.5) is 0 Å². The van der Waals surface area contributed by atoms with Crippen molar-refractivity contribution in [2.75, 3.05) is 0 Å². The van der Waals surface area contributed by atoms with E-state index < -0.39 is 0 Å². The molecule has 19 heavy (non-hydrogen) atoms. The average Bonchev–Trinajstić information content (AvgIpc) is 2.45. The zero-order chi connectivity index (χ0) is 13.5. The fraction of sp³-hybridized carbons (Fsp3) is 0.294. The van der Waals surface area contributed by atoms with Crippen molar-refractivity contribution in [3.05, 3.63) is 70.2 Å². The highest BCUT2D eigenvalue weighted by Gasteiger charge is 2.02. The molecular weight excluding hydrogens is 298 g/mol. The lowest BCUT2D eigenvalue weighted by atomic mass is 10.1. The molecule has 0 amide bonds. The fourth-order valence-corrected chi connectivity index (χ4v) is 2.29. The second-order valence-corrected chi connectivity index (χ2v) is 5.85. The molecule has 0 saturated carbocycles. The van der Waals surface area contributed by atoms with Crippen LogP contribution in [0.1, 0.15) is 24.5 Å². The van der Waals surface area contributed by atoms with Crippen LogP contribution in [0, 0.1) is 0 Å². The average molecular weight is 318 g/mol. The van der Waals surface area contributed by atoms with Gasteiger partial charge < -0.3 is 5.32 Å². The lowest BCUT2D eigenvalue weighted by Gasteiger charge is -2.14. The number of nitrogens with one attached hydrogen (secondary N) is 1. The Morgan fingerprint density at radius 1 is 0.947 bits per heavy atom. The van der Waals surface area contributed by atoms with Gasteiger partial charge in [0.2, 0.25) is 0 Å². The number of aryl methyl sites for hydroxylation is 1. The van der Waals surface area contributed by atoms with Crippen molar-refractivity contribution in [3.63, 3.8) is 0 Å². The Morgan fingerprint density at radius 2 is 1.63 bits per heavy atom. The van der Waals surface area contributed by atoms with E-state index >= 15 is 0 Å². The topological polar surface area (TPSA) is 12.0 Å². The third-order valence-corrected chi connectivity index (χ3v) is 3.81. The van der Waals surface area contributed by atoms with E-state index in [1.165, 1.54) is 17.5 Å². The summed E-state index contributed by atoms with van der Waals surface area (Å²) in [6, 6.07) is 19.7. The summed E-state index contributed by atoms with van der Waals surface area (Å²) in [5.74, 6) is 0. The first-order valence-corrected chi connectivity index (χ1v) is 7.55. The molecule has 2 heteroatoms. The van der Waals surface area contributed by atoms with Gasteiger partial charge in [0.25, 0.3) is 0 Å². The lowest BCUT2D eigenvalue weighted by Crippen LogP contribution is -2.25. The van der Waals surface area contributed by atoms with Crippen LogP contribution in [0.15, 0.2) is 59.1 Å². The summed E-state index contributed by atoms with van der Waals surface area (Å²) in [5, 5.41) is 3.57. The molecule has 0 aliphatic carbocycles. The summed E-state index contributed by atoms with van der Waals surface area (Å²) in [5.41, 5.74) is 2.74. The molecule has 2 rings (SSSR count). The van der Waals surface area contributed by atoms with E-state index in [4.69, 9.17) is 0 Å². The van der Waals surface area contributed by atoms with Gasteiger partial charge in [0.15, 0.2) is 0 Å². The Bertz CT molecular complexity index is 478. The molecule has 0 spiro atoms. The molecule has 1 N–H and O–H groups in total. The highest BCUT2D eigenvalue weighted by Crippen LogP contribution is 2.11. The predicted molar refractivity (Wildman–Crippen MR) is 85.2 cm³/mol. The highest BCUT2D eigenvalue weighted by atomic mass is 79.9. The molecular formula is C17H20BrN. The van der Waals surface area contributed by atoms with Gasteiger partial charge in [-0.2, -0.15) is 0 Å². The minimum absolute atomic E-state index is 0.531. The summed E-state index contributed by atoms with van der Waals surface area (Å²) in [7, 11) is 0. The predicted octanol–water partition coefficient (Wildman–Crippen LogP) is 4.56. The molecule has 0 aromatic heterocycles. The van der Waals surface area contributed by atoms with Crippen LogP contribution in [-0.2, 0) is 13.0 Å². The second-order valence-electron chi connectivity index (χ2n) is 4.93. The molecule has 0 heterocycles. The molecule has 2 aromatic rings. The van der Waals surface area contributed by atoms with Crippen LogP contribution in [0.5, 0.6) is 0 Å². The molecule has 1 unspecified atom stereocenters. The largest absolute Gasteiger partial charge is 0.310 e. The molecule has 0 fully saturated rings. The van der Waals surface area contributed by atoms with Gasteiger partial charge in [-0.1, -0.05) is 58.4 Å². The molecule has 2 aromatic carbocycles. The van der Waals surface area contributed by atoms with E-state index in [1.54, 1.807) is 0 Å². The summed E-state index contributed by atoms with van der Waals surface area (Å²) >= 11 is 3.46. The van der Waals surface area contributed by atoms with Crippen LogP contribution in [0.3, 0.4) is 0 Å². The van der Waals surface area contributed by atoms with E-state index in [-0.39, 0.29) is 0 Å². The van der Waals surface area contributed by atoms with Crippen molar-refractivity contribution < 1.29 is 0 Å². The Morgan fingerprint density at radius 3 is 2.32 bits per heavy atom. The Labute approximate surface area is 124 Å². The van der Waals surface area contributed by atoms with Crippen LogP contribution in [-0.4, -0.2) is 6.04 Å². The van der Waals surface area contributed by atoms with Gasteiger partial charge in [0.05, 0.1) is 0 Å². The lowest BCUT2D eigenvalue weighted by molar-refractivity contribution is 0.514. The maximum atomic E-state index is 3.57. The molecule has 0 bridgehead atoms. The zero-order valence-corrected chi connectivity index (χ0v) is 12.9. The minimum Gasteiger partial charge on any atom is -0.310 e. The Hall–Kier alpha value is -1.12. The summed E-state index contributed by atoms with van der Waals surface area (Å²) < 4.78 is 1.13. The van der Waals surface area contributed by atoms with Crippen LogP contribution < -0.4 is 5.32 Å². The second kappa shape index (κ2) is 7.46. The molecule has 0 saturated heterocycles. The number of hydrogen-bond acceptors (Lipinski definition) is 1. The maximum Gasteiger partial charge on any atom is 0.0207 e. The first-order valence-electron chi connectivity index (χ1n) is 6.76. The normalized spacial score (nSPS) is 12.3. The first-order chi connectivity index (χ1) is 9.24. The third-order valence-electron chi connectivity index (χ3n) is 3.28. The van der Waals surface area contributed by atoms with Crippen molar-refractivity contribution in [3.8, 4) is 0 Å². The summed E-state index contributed by atoms with van der Waals surface area (Å²) in [6.45, 7) is 3.19. The molecule has 0 aliphatic heterocycles. The van der Waals surface area contributed by atoms with Gasteiger partial charge in [0.1, 0.15) is 0 Å². The van der Waals surface area contributed by atoms with Crippen molar-refractivity contribution in [1.82, 2.24) is 5.32 Å². The van der Waals surface area contributed by atoms with Crippen molar-refractivity contribution in [2.24, 2.45) is 0 Å². The van der Waals surface area contributed by atoms with E-state index in [0.717, 1.165) is 17.4 Å². The van der Waals surface area contributed by atoms with Gasteiger partial charge >= 0.3 is 0 Å². The van der Waals surface area contributed by atoms with E-state index in [1.807, 2.05) is 0 Å². The number of hydrogen-bond donors (Lipinski definition) is 1. The van der Waals surface area contributed by atoms with Gasteiger partial charge in [-0.3, -0.25) is 0 Å². The maximum absolute atomic E-state index is 3.57. The molecule has 100 valence electrons. The SMILES string of the molecule is CC(CCc1ccccc1)NCc1ccc(Br)cc1. The monoisotopic (exact) mass is 317 g/mol. The number of rotatable bonds is 6. The smallest absolute Gasteiger partial charge is 0.0207 e. The van der Waals surface area contributed by atoms with Gasteiger partial charge in [0, 0.05) is 17.1 Å². The van der Waals surface area contributed by atoms with Gasteiger partial charge in [-0.25, -0.2) is 0 Å². The van der Waals surface area contributed by atoms with Crippen LogP contribution in [0.25, 0.3) is 0 Å². The summed E-state index contributed by atoms with van der Waals surface area (Å²) in [4.78, 5) is 0. The molecule has 1 nitrogen and oxygen atoms in total. The third kappa shape index (κ3) is 5.17. The standard InChI is InChI=1S/C17H20BrN/c1-14(7-8-15-5-3-2-4-6-15)19-13-16-9-11-17(18)12-10-16/h2-6,9-12,14,19H,7-8,13H2,1H3. The quantitative estimate of drug-likeness (QED) is 0.823. The van der Waals surface area contributed by atoms with E-state index in [0.29, 0.717) is 6.04 Å². The van der Waals surface area contributed by atoms with Crippen LogP contribution >= 0.6 is 15.9 Å². The minimum atomic E-state index is 0.531.